The number of nitrogens with zero attached hydrogens (tertiary/aromatic N) is 3. The second-order valence-corrected chi connectivity index (χ2v) is 6.05. The molecule has 1 aliphatic heterocycles. The van der Waals surface area contributed by atoms with Crippen molar-refractivity contribution in [1.82, 2.24) is 5.16 Å². The highest BCUT2D eigenvalue weighted by molar-refractivity contribution is 5.73. The van der Waals surface area contributed by atoms with E-state index in [1.165, 1.54) is 6.07 Å². The number of esters is 1. The van der Waals surface area contributed by atoms with Gasteiger partial charge in [0.25, 0.3) is 5.69 Å². The van der Waals surface area contributed by atoms with Crippen molar-refractivity contribution in [2.24, 2.45) is 5.92 Å². The number of carbonyl (C=O) groups excluding carboxylic acids is 1. The molecule has 132 valence electrons. The van der Waals surface area contributed by atoms with Gasteiger partial charge < -0.3 is 14.2 Å². The summed E-state index contributed by atoms with van der Waals surface area (Å²) in [5, 5.41) is 14.9. The van der Waals surface area contributed by atoms with Gasteiger partial charge in [0, 0.05) is 25.2 Å². The van der Waals surface area contributed by atoms with Gasteiger partial charge in [-0.3, -0.25) is 14.9 Å². The predicted molar refractivity (Wildman–Crippen MR) is 89.1 cm³/mol. The van der Waals surface area contributed by atoms with Crippen LogP contribution in [0.15, 0.2) is 34.9 Å². The Bertz CT molecular complexity index is 765. The predicted octanol–water partition coefficient (Wildman–Crippen LogP) is 2.85. The molecule has 0 spiro atoms. The normalized spacial score (nSPS) is 15.2. The van der Waals surface area contributed by atoms with E-state index >= 15 is 0 Å². The number of hydrogen-bond donors (Lipinski definition) is 0. The van der Waals surface area contributed by atoms with Crippen LogP contribution in [0.2, 0.25) is 0 Å². The number of nitro groups is 1. The van der Waals surface area contributed by atoms with Crippen LogP contribution in [0.3, 0.4) is 0 Å². The number of hydrogen-bond acceptors (Lipinski definition) is 7. The van der Waals surface area contributed by atoms with E-state index in [1.807, 2.05) is 4.90 Å². The number of benzene rings is 1. The van der Waals surface area contributed by atoms with Gasteiger partial charge in [0.15, 0.2) is 12.4 Å². The van der Waals surface area contributed by atoms with Gasteiger partial charge in [0.2, 0.25) is 0 Å². The molecule has 0 bridgehead atoms. The van der Waals surface area contributed by atoms with E-state index < -0.39 is 0 Å². The van der Waals surface area contributed by atoms with Crippen molar-refractivity contribution < 1.29 is 19.0 Å². The van der Waals surface area contributed by atoms with Crippen molar-refractivity contribution in [1.29, 1.82) is 0 Å². The smallest absolute Gasteiger partial charge is 0.309 e. The summed E-state index contributed by atoms with van der Waals surface area (Å²) in [5.74, 6) is 0.0440. The Labute approximate surface area is 144 Å². The quantitative estimate of drug-likeness (QED) is 0.467. The SMILES string of the molecule is Cc1cc(COC(=O)C2CCN(c3ccccc3[N+](=O)[O-])CC2)on1. The molecule has 2 aromatic rings. The number of rotatable bonds is 5. The number of piperidine rings is 1. The fourth-order valence-corrected chi connectivity index (χ4v) is 2.99. The van der Waals surface area contributed by atoms with E-state index in [4.69, 9.17) is 9.26 Å². The molecule has 3 rings (SSSR count). The molecule has 0 aliphatic carbocycles. The van der Waals surface area contributed by atoms with Crippen LogP contribution >= 0.6 is 0 Å². The third kappa shape index (κ3) is 3.96. The first-order valence-corrected chi connectivity index (χ1v) is 8.12. The lowest BCUT2D eigenvalue weighted by Crippen LogP contribution is -2.37. The van der Waals surface area contributed by atoms with Crippen LogP contribution in [0, 0.1) is 23.0 Å². The van der Waals surface area contributed by atoms with Gasteiger partial charge in [0.1, 0.15) is 5.69 Å². The highest BCUT2D eigenvalue weighted by atomic mass is 16.6. The van der Waals surface area contributed by atoms with E-state index in [9.17, 15) is 14.9 Å². The molecule has 8 nitrogen and oxygen atoms in total. The Morgan fingerprint density at radius 2 is 2.12 bits per heavy atom. The van der Waals surface area contributed by atoms with E-state index in [0.29, 0.717) is 37.4 Å². The molecule has 0 N–H and O–H groups in total. The van der Waals surface area contributed by atoms with Gasteiger partial charge in [-0.15, -0.1) is 0 Å². The molecule has 0 unspecified atom stereocenters. The number of para-hydroxylation sites is 2. The molecule has 0 saturated carbocycles. The summed E-state index contributed by atoms with van der Waals surface area (Å²) in [4.78, 5) is 24.9. The van der Waals surface area contributed by atoms with E-state index in [-0.39, 0.29) is 29.1 Å². The Balaban J connectivity index is 1.55. The molecule has 1 aromatic carbocycles. The summed E-state index contributed by atoms with van der Waals surface area (Å²) in [6, 6.07) is 8.39. The molecule has 1 saturated heterocycles. The van der Waals surface area contributed by atoms with Crippen LogP contribution < -0.4 is 4.90 Å². The van der Waals surface area contributed by atoms with E-state index in [0.717, 1.165) is 5.69 Å². The third-order valence-electron chi connectivity index (χ3n) is 4.28. The Kier molecular flexibility index (Phi) is 4.97. The van der Waals surface area contributed by atoms with Crippen molar-refractivity contribution in [2.75, 3.05) is 18.0 Å². The van der Waals surface area contributed by atoms with Crippen molar-refractivity contribution >= 4 is 17.3 Å². The molecule has 25 heavy (non-hydrogen) atoms. The van der Waals surface area contributed by atoms with Gasteiger partial charge in [-0.25, -0.2) is 0 Å². The zero-order valence-corrected chi connectivity index (χ0v) is 13.9. The number of anilines is 1. The number of carbonyl (C=O) groups is 1. The van der Waals surface area contributed by atoms with Crippen LogP contribution in [0.4, 0.5) is 11.4 Å². The lowest BCUT2D eigenvalue weighted by Gasteiger charge is -2.32. The minimum Gasteiger partial charge on any atom is -0.457 e. The Morgan fingerprint density at radius 1 is 1.40 bits per heavy atom. The number of nitro benzene ring substituents is 1. The Hall–Kier alpha value is -2.90. The van der Waals surface area contributed by atoms with E-state index in [2.05, 4.69) is 5.16 Å². The number of aryl methyl sites for hydroxylation is 1. The van der Waals surface area contributed by atoms with Crippen LogP contribution in [-0.2, 0) is 16.1 Å². The summed E-state index contributed by atoms with van der Waals surface area (Å²) < 4.78 is 10.3. The van der Waals surface area contributed by atoms with Gasteiger partial charge in [-0.2, -0.15) is 0 Å². The molecule has 0 amide bonds. The van der Waals surface area contributed by atoms with Gasteiger partial charge in [-0.05, 0) is 25.8 Å². The van der Waals surface area contributed by atoms with Gasteiger partial charge >= 0.3 is 5.97 Å². The molecular formula is C17H19N3O5. The maximum atomic E-state index is 12.2. The second-order valence-electron chi connectivity index (χ2n) is 6.05. The topological polar surface area (TPSA) is 98.7 Å². The molecule has 1 aromatic heterocycles. The largest absolute Gasteiger partial charge is 0.457 e. The number of aromatic nitrogens is 1. The lowest BCUT2D eigenvalue weighted by atomic mass is 9.96. The standard InChI is InChI=1S/C17H19N3O5/c1-12-10-14(25-18-12)11-24-17(21)13-6-8-19(9-7-13)15-4-2-3-5-16(15)20(22)23/h2-5,10,13H,6-9,11H2,1H3. The average molecular weight is 345 g/mol. The average Bonchev–Trinajstić information content (AvgIpc) is 3.05. The first-order valence-electron chi connectivity index (χ1n) is 8.12. The van der Waals surface area contributed by atoms with Crippen molar-refractivity contribution in [2.45, 2.75) is 26.4 Å². The third-order valence-corrected chi connectivity index (χ3v) is 4.28. The highest BCUT2D eigenvalue weighted by Gasteiger charge is 2.29. The van der Waals surface area contributed by atoms with Crippen molar-refractivity contribution in [3.05, 3.63) is 51.9 Å². The van der Waals surface area contributed by atoms with Crippen molar-refractivity contribution in [3.8, 4) is 0 Å². The monoisotopic (exact) mass is 345 g/mol. The van der Waals surface area contributed by atoms with Gasteiger partial charge in [0.05, 0.1) is 16.5 Å². The highest BCUT2D eigenvalue weighted by Crippen LogP contribution is 2.31. The maximum Gasteiger partial charge on any atom is 0.309 e. The minimum atomic E-state index is -0.380. The zero-order chi connectivity index (χ0) is 17.8. The first kappa shape index (κ1) is 16.9. The molecule has 1 aliphatic rings. The molecule has 0 atom stereocenters. The maximum absolute atomic E-state index is 12.2. The van der Waals surface area contributed by atoms with Gasteiger partial charge in [-0.1, -0.05) is 17.3 Å². The van der Waals surface area contributed by atoms with Crippen LogP contribution in [0.5, 0.6) is 0 Å². The number of ether oxygens (including phenoxy) is 1. The van der Waals surface area contributed by atoms with E-state index in [1.54, 1.807) is 31.2 Å². The molecule has 2 heterocycles. The summed E-state index contributed by atoms with van der Waals surface area (Å²) in [5.41, 5.74) is 1.42. The fraction of sp³-hybridized carbons (Fsp3) is 0.412. The molecule has 1 fully saturated rings. The van der Waals surface area contributed by atoms with Crippen LogP contribution in [-0.4, -0.2) is 29.1 Å². The zero-order valence-electron chi connectivity index (χ0n) is 13.9. The summed E-state index contributed by atoms with van der Waals surface area (Å²) in [6.07, 6.45) is 1.20. The molecular weight excluding hydrogens is 326 g/mol. The van der Waals surface area contributed by atoms with Crippen LogP contribution in [0.1, 0.15) is 24.3 Å². The minimum absolute atomic E-state index is 0.0735. The van der Waals surface area contributed by atoms with Crippen LogP contribution in [0.25, 0.3) is 0 Å². The molecule has 0 radical (unpaired) electrons. The summed E-state index contributed by atoms with van der Waals surface area (Å²) in [7, 11) is 0. The Morgan fingerprint density at radius 3 is 2.76 bits per heavy atom. The second kappa shape index (κ2) is 7.33. The summed E-state index contributed by atoms with van der Waals surface area (Å²) in [6.45, 7) is 3.02. The first-order chi connectivity index (χ1) is 12.0. The lowest BCUT2D eigenvalue weighted by molar-refractivity contribution is -0.384. The van der Waals surface area contributed by atoms with Crippen molar-refractivity contribution in [3.63, 3.8) is 0 Å². The molecule has 8 heteroatoms. The summed E-state index contributed by atoms with van der Waals surface area (Å²) >= 11 is 0. The fourth-order valence-electron chi connectivity index (χ4n) is 2.99.